The summed E-state index contributed by atoms with van der Waals surface area (Å²) in [6, 6.07) is 16.7. The van der Waals surface area contributed by atoms with E-state index in [9.17, 15) is 14.2 Å². The smallest absolute Gasteiger partial charge is 0.362 e. The van der Waals surface area contributed by atoms with Gasteiger partial charge in [0.15, 0.2) is 5.82 Å². The summed E-state index contributed by atoms with van der Waals surface area (Å²) >= 11 is 6.48. The Labute approximate surface area is 354 Å². The van der Waals surface area contributed by atoms with Gasteiger partial charge in [0, 0.05) is 89.8 Å². The van der Waals surface area contributed by atoms with Crippen LogP contribution in [0.1, 0.15) is 42.4 Å². The van der Waals surface area contributed by atoms with Gasteiger partial charge in [-0.3, -0.25) is 34.2 Å². The first-order chi connectivity index (χ1) is 29.0. The fraction of sp³-hybridized carbons (Fsp3) is 0.429. The van der Waals surface area contributed by atoms with Gasteiger partial charge in [0.25, 0.3) is 0 Å². The van der Waals surface area contributed by atoms with E-state index in [2.05, 4.69) is 46.7 Å². The molecular formula is C42H50ClFN9O6P. The third kappa shape index (κ3) is 9.01. The number of rotatable bonds is 13. The molecule has 4 aromatic rings. The predicted molar refractivity (Wildman–Crippen MR) is 228 cm³/mol. The van der Waals surface area contributed by atoms with Crippen LogP contribution in [0, 0.1) is 5.82 Å². The van der Waals surface area contributed by atoms with Gasteiger partial charge in [-0.2, -0.15) is 4.98 Å². The Morgan fingerprint density at radius 1 is 0.883 bits per heavy atom. The number of para-hydroxylation sites is 1. The first-order valence-corrected chi connectivity index (χ1v) is 22.1. The number of imide groups is 1. The van der Waals surface area contributed by atoms with E-state index < -0.39 is 7.60 Å². The van der Waals surface area contributed by atoms with Gasteiger partial charge >= 0.3 is 7.60 Å². The first-order valence-electron chi connectivity index (χ1n) is 20.2. The summed E-state index contributed by atoms with van der Waals surface area (Å²) in [5, 5.41) is 9.44. The van der Waals surface area contributed by atoms with E-state index in [1.54, 1.807) is 37.4 Å². The van der Waals surface area contributed by atoms with Crippen molar-refractivity contribution in [1.82, 2.24) is 30.0 Å². The van der Waals surface area contributed by atoms with Crippen molar-refractivity contribution in [3.05, 3.63) is 88.3 Å². The van der Waals surface area contributed by atoms with Crippen LogP contribution in [-0.2, 0) is 42.8 Å². The number of methoxy groups -OCH3 is 1. The predicted octanol–water partition coefficient (Wildman–Crippen LogP) is 5.78. The number of likely N-dealkylation sites (tertiary alicyclic amines) is 1. The molecule has 3 fully saturated rings. The molecule has 3 saturated heterocycles. The van der Waals surface area contributed by atoms with Gasteiger partial charge in [-0.05, 0) is 79.9 Å². The van der Waals surface area contributed by atoms with E-state index in [-0.39, 0.29) is 34.6 Å². The molecule has 18 heteroatoms. The number of fused-ring (bicyclic) bond motifs is 1. The average Bonchev–Trinajstić information content (AvgIpc) is 3.67. The largest absolute Gasteiger partial charge is 0.494 e. The number of hydrogen-bond donors (Lipinski definition) is 3. The summed E-state index contributed by atoms with van der Waals surface area (Å²) in [6.07, 6.45) is 4.37. The van der Waals surface area contributed by atoms with Crippen LogP contribution in [0.2, 0.25) is 5.02 Å². The van der Waals surface area contributed by atoms with Crippen LogP contribution >= 0.6 is 19.2 Å². The molecule has 8 rings (SSSR count). The first kappa shape index (κ1) is 42.0. The number of nitrogens with zero attached hydrogens (tertiary/aromatic N) is 6. The van der Waals surface area contributed by atoms with Crippen LogP contribution in [0.4, 0.5) is 33.2 Å². The van der Waals surface area contributed by atoms with Crippen LogP contribution < -0.4 is 30.9 Å². The number of hydrogen-bond acceptors (Lipinski definition) is 14. The van der Waals surface area contributed by atoms with Crippen molar-refractivity contribution in [2.45, 2.75) is 57.4 Å². The van der Waals surface area contributed by atoms with Gasteiger partial charge in [0.2, 0.25) is 17.8 Å². The number of anilines is 5. The molecule has 0 bridgehead atoms. The van der Waals surface area contributed by atoms with Gasteiger partial charge < -0.3 is 29.3 Å². The Kier molecular flexibility index (Phi) is 12.7. The third-order valence-electron chi connectivity index (χ3n) is 12.0. The maximum absolute atomic E-state index is 15.3. The van der Waals surface area contributed by atoms with Gasteiger partial charge in [0.1, 0.15) is 16.6 Å². The molecule has 5 heterocycles. The van der Waals surface area contributed by atoms with E-state index in [4.69, 9.17) is 25.4 Å². The lowest BCUT2D eigenvalue weighted by Gasteiger charge is -2.43. The van der Waals surface area contributed by atoms with Crippen molar-refractivity contribution in [2.75, 3.05) is 76.1 Å². The van der Waals surface area contributed by atoms with Crippen molar-refractivity contribution in [3.63, 3.8) is 0 Å². The van der Waals surface area contributed by atoms with E-state index in [0.717, 1.165) is 68.9 Å². The summed E-state index contributed by atoms with van der Waals surface area (Å²) in [4.78, 5) is 42.4. The molecule has 1 aromatic heterocycles. The Balaban J connectivity index is 0.832. The van der Waals surface area contributed by atoms with E-state index in [0.29, 0.717) is 72.3 Å². The number of piperazine rings is 1. The number of nitrogens with one attached hydrogen (secondary N) is 3. The van der Waals surface area contributed by atoms with Crippen molar-refractivity contribution in [2.24, 2.45) is 0 Å². The number of piperidine rings is 2. The molecule has 3 aromatic carbocycles. The topological polar surface area (TPSA) is 154 Å². The number of benzene rings is 3. The van der Waals surface area contributed by atoms with E-state index in [1.165, 1.54) is 20.4 Å². The summed E-state index contributed by atoms with van der Waals surface area (Å²) in [6.45, 7) is 7.12. The van der Waals surface area contributed by atoms with Crippen LogP contribution in [0.25, 0.3) is 0 Å². The minimum absolute atomic E-state index is 0.194. The average molecular weight is 862 g/mol. The molecule has 4 aliphatic rings. The van der Waals surface area contributed by atoms with Crippen molar-refractivity contribution in [3.8, 4) is 5.75 Å². The number of amides is 2. The quantitative estimate of drug-likeness (QED) is 0.110. The zero-order valence-electron chi connectivity index (χ0n) is 34.0. The van der Waals surface area contributed by atoms with Crippen molar-refractivity contribution >= 4 is 65.1 Å². The highest BCUT2D eigenvalue weighted by atomic mass is 35.5. The highest BCUT2D eigenvalue weighted by molar-refractivity contribution is 7.62. The molecule has 60 heavy (non-hydrogen) atoms. The molecule has 15 nitrogen and oxygen atoms in total. The SMILES string of the molecule is COc1cc(N2CCN(C3CCN(Cc4cc5c(cc4F)CN(C4CCC(=O)NC4=O)C5)CC3)CC2)ccc1Nc1ncc(Cl)c(Nc2ccccc2P(=O)(OC)OC)n1. The van der Waals surface area contributed by atoms with Crippen LogP contribution in [-0.4, -0.2) is 109 Å². The highest BCUT2D eigenvalue weighted by Gasteiger charge is 2.36. The molecule has 0 spiro atoms. The minimum atomic E-state index is -3.57. The molecule has 2 amide bonds. The summed E-state index contributed by atoms with van der Waals surface area (Å²) < 4.78 is 44.8. The van der Waals surface area contributed by atoms with Gasteiger partial charge in [-0.1, -0.05) is 23.7 Å². The highest BCUT2D eigenvalue weighted by Crippen LogP contribution is 2.47. The maximum Gasteiger partial charge on any atom is 0.362 e. The van der Waals surface area contributed by atoms with E-state index >= 15 is 4.39 Å². The van der Waals surface area contributed by atoms with Crippen LogP contribution in [0.5, 0.6) is 5.75 Å². The lowest BCUT2D eigenvalue weighted by Crippen LogP contribution is -2.53. The molecule has 1 atom stereocenters. The molecule has 1 unspecified atom stereocenters. The molecular weight excluding hydrogens is 812 g/mol. The third-order valence-corrected chi connectivity index (χ3v) is 14.2. The second kappa shape index (κ2) is 18.1. The molecule has 4 aliphatic heterocycles. The zero-order chi connectivity index (χ0) is 42.0. The van der Waals surface area contributed by atoms with Crippen LogP contribution in [0.3, 0.4) is 0 Å². The fourth-order valence-electron chi connectivity index (χ4n) is 8.73. The Hall–Kier alpha value is -4.67. The number of carbonyl (C=O) groups is 2. The molecule has 0 radical (unpaired) electrons. The maximum atomic E-state index is 15.3. The van der Waals surface area contributed by atoms with Crippen molar-refractivity contribution < 1.29 is 32.3 Å². The summed E-state index contributed by atoms with van der Waals surface area (Å²) in [5.74, 6) is 0.535. The number of aromatic nitrogens is 2. The van der Waals surface area contributed by atoms with Gasteiger partial charge in [0.05, 0.1) is 36.0 Å². The lowest BCUT2D eigenvalue weighted by molar-refractivity contribution is -0.137. The number of carbonyl (C=O) groups excluding carboxylic acids is 2. The normalized spacial score (nSPS) is 19.6. The molecule has 3 N–H and O–H groups in total. The lowest BCUT2D eigenvalue weighted by atomic mass is 10.0. The Morgan fingerprint density at radius 3 is 2.33 bits per heavy atom. The summed E-state index contributed by atoms with van der Waals surface area (Å²) in [7, 11) is 0.722. The van der Waals surface area contributed by atoms with Gasteiger partial charge in [-0.15, -0.1) is 0 Å². The second-order valence-electron chi connectivity index (χ2n) is 15.5. The Bertz CT molecular complexity index is 2280. The van der Waals surface area contributed by atoms with E-state index in [1.807, 2.05) is 23.1 Å². The monoisotopic (exact) mass is 861 g/mol. The minimum Gasteiger partial charge on any atom is -0.494 e. The standard InChI is InChI=1S/C42H50ClFN9O6P/c1-57-37-22-31(8-9-34(37)47-42-45-23-32(43)40(49-42)46-35-6-4-5-7-38(35)60(56,58-2)59-3)52-18-16-51(17-19-52)30-12-14-50(15-13-30)24-29-20-27-25-53(26-28(27)21-33(29)44)36-10-11-39(54)48-41(36)55/h4-9,20-23,30,36H,10-19,24-26H2,1-3H3,(H,48,54,55)(H2,45,46,47,49). The Morgan fingerprint density at radius 2 is 1.62 bits per heavy atom. The van der Waals surface area contributed by atoms with Crippen LogP contribution in [0.15, 0.2) is 60.8 Å². The number of halogens is 2. The molecule has 0 aliphatic carbocycles. The molecule has 318 valence electrons. The number of ether oxygens (including phenoxy) is 1. The second-order valence-corrected chi connectivity index (χ2v) is 18.1. The fourth-order valence-corrected chi connectivity index (χ4v) is 10.1. The zero-order valence-corrected chi connectivity index (χ0v) is 35.6. The van der Waals surface area contributed by atoms with Crippen molar-refractivity contribution in [1.29, 1.82) is 0 Å². The molecule has 0 saturated carbocycles. The van der Waals surface area contributed by atoms with Gasteiger partial charge in [-0.25, -0.2) is 9.37 Å². The summed E-state index contributed by atoms with van der Waals surface area (Å²) in [5.41, 5.74) is 4.89.